The molecule has 0 aromatic rings. The summed E-state index contributed by atoms with van der Waals surface area (Å²) in [5, 5.41) is 15.8. The monoisotopic (exact) mass is 242 g/mol. The highest BCUT2D eigenvalue weighted by Gasteiger charge is 2.49. The molecule has 2 amide bonds. The lowest BCUT2D eigenvalue weighted by molar-refractivity contribution is 0.0514. The van der Waals surface area contributed by atoms with Crippen LogP contribution in [0.25, 0.3) is 0 Å². The fourth-order valence-electron chi connectivity index (χ4n) is 2.09. The van der Waals surface area contributed by atoms with Crippen LogP contribution in [0.15, 0.2) is 0 Å². The molecular formula is C13H26N2O2. The molecule has 0 aromatic heterocycles. The second-order valence-corrected chi connectivity index (χ2v) is 6.61. The minimum absolute atomic E-state index is 0.0800. The highest BCUT2D eigenvalue weighted by molar-refractivity contribution is 5.74. The van der Waals surface area contributed by atoms with Gasteiger partial charge in [0.2, 0.25) is 0 Å². The predicted molar refractivity (Wildman–Crippen MR) is 68.8 cm³/mol. The molecule has 100 valence electrons. The maximum atomic E-state index is 11.6. The van der Waals surface area contributed by atoms with Crippen molar-refractivity contribution in [1.82, 2.24) is 10.6 Å². The molecule has 4 nitrogen and oxygen atoms in total. The van der Waals surface area contributed by atoms with E-state index < -0.39 is 0 Å². The van der Waals surface area contributed by atoms with Crippen LogP contribution in [-0.2, 0) is 0 Å². The van der Waals surface area contributed by atoms with Crippen molar-refractivity contribution >= 4 is 6.03 Å². The van der Waals surface area contributed by atoms with Gasteiger partial charge in [0.1, 0.15) is 0 Å². The van der Waals surface area contributed by atoms with Gasteiger partial charge in [-0.25, -0.2) is 4.79 Å². The van der Waals surface area contributed by atoms with Gasteiger partial charge in [0.05, 0.1) is 6.10 Å². The molecule has 0 aromatic carbocycles. The summed E-state index contributed by atoms with van der Waals surface area (Å²) in [4.78, 5) is 11.6. The maximum Gasteiger partial charge on any atom is 0.315 e. The summed E-state index contributed by atoms with van der Waals surface area (Å²) < 4.78 is 0. The first-order valence-electron chi connectivity index (χ1n) is 6.40. The van der Waals surface area contributed by atoms with Crippen molar-refractivity contribution in [3.8, 4) is 0 Å². The average molecular weight is 242 g/mol. The fourth-order valence-corrected chi connectivity index (χ4v) is 2.09. The summed E-state index contributed by atoms with van der Waals surface area (Å²) in [7, 11) is 0. The molecule has 1 unspecified atom stereocenters. The summed E-state index contributed by atoms with van der Waals surface area (Å²) in [6, 6.07) is -0.153. The first-order chi connectivity index (χ1) is 7.66. The zero-order valence-corrected chi connectivity index (χ0v) is 11.6. The Labute approximate surface area is 104 Å². The first-order valence-corrected chi connectivity index (χ1v) is 6.40. The lowest BCUT2D eigenvalue weighted by Crippen LogP contribution is -2.49. The Kier molecular flexibility index (Phi) is 4.07. The summed E-state index contributed by atoms with van der Waals surface area (Å²) in [6.45, 7) is 10.4. The van der Waals surface area contributed by atoms with Crippen LogP contribution >= 0.6 is 0 Å². The maximum absolute atomic E-state index is 11.6. The van der Waals surface area contributed by atoms with E-state index in [-0.39, 0.29) is 29.0 Å². The molecule has 1 atom stereocenters. The molecule has 17 heavy (non-hydrogen) atoms. The van der Waals surface area contributed by atoms with Gasteiger partial charge < -0.3 is 15.7 Å². The Hall–Kier alpha value is -0.770. The van der Waals surface area contributed by atoms with E-state index >= 15 is 0 Å². The molecule has 4 heteroatoms. The van der Waals surface area contributed by atoms with E-state index in [0.717, 1.165) is 12.8 Å². The highest BCUT2D eigenvalue weighted by atomic mass is 16.3. The smallest absolute Gasteiger partial charge is 0.315 e. The summed E-state index contributed by atoms with van der Waals surface area (Å²) in [5.74, 6) is 0.241. The Balaban J connectivity index is 2.38. The van der Waals surface area contributed by atoms with E-state index in [0.29, 0.717) is 6.54 Å². The Bertz CT molecular complexity index is 278. The molecule has 0 spiro atoms. The minimum atomic E-state index is -0.322. The van der Waals surface area contributed by atoms with Crippen molar-refractivity contribution in [3.63, 3.8) is 0 Å². The number of carbonyl (C=O) groups excluding carboxylic acids is 1. The van der Waals surface area contributed by atoms with Crippen LogP contribution in [0.5, 0.6) is 0 Å². The topological polar surface area (TPSA) is 61.4 Å². The van der Waals surface area contributed by atoms with E-state index in [9.17, 15) is 9.90 Å². The van der Waals surface area contributed by atoms with Crippen LogP contribution < -0.4 is 10.6 Å². The van der Waals surface area contributed by atoms with E-state index in [1.807, 2.05) is 34.6 Å². The third-order valence-electron chi connectivity index (χ3n) is 3.24. The van der Waals surface area contributed by atoms with Gasteiger partial charge in [-0.05, 0) is 39.5 Å². The predicted octanol–water partition coefficient (Wildman–Crippen LogP) is 1.88. The third-order valence-corrected chi connectivity index (χ3v) is 3.24. The van der Waals surface area contributed by atoms with Crippen molar-refractivity contribution < 1.29 is 9.90 Å². The lowest BCUT2D eigenvalue weighted by atomic mass is 9.90. The zero-order chi connectivity index (χ0) is 13.3. The molecule has 0 saturated heterocycles. The van der Waals surface area contributed by atoms with Gasteiger partial charge >= 0.3 is 6.03 Å². The van der Waals surface area contributed by atoms with Gasteiger partial charge in [-0.1, -0.05) is 13.8 Å². The van der Waals surface area contributed by atoms with Crippen LogP contribution in [-0.4, -0.2) is 29.3 Å². The lowest BCUT2D eigenvalue weighted by Gasteiger charge is -2.27. The van der Waals surface area contributed by atoms with E-state index in [1.54, 1.807) is 0 Å². The number of carbonyl (C=O) groups is 1. The zero-order valence-electron chi connectivity index (χ0n) is 11.6. The molecule has 0 bridgehead atoms. The largest absolute Gasteiger partial charge is 0.392 e. The molecule has 0 heterocycles. The van der Waals surface area contributed by atoms with Crippen LogP contribution in [0, 0.1) is 11.3 Å². The Morgan fingerprint density at radius 1 is 1.35 bits per heavy atom. The standard InChI is InChI=1S/C13H26N2O2/c1-9(2)10(16)13(6-7-13)8-14-11(17)15-12(3,4)5/h9-10,16H,6-8H2,1-5H3,(H2,14,15,17). The second kappa shape index (κ2) is 4.84. The fraction of sp³-hybridized carbons (Fsp3) is 0.923. The van der Waals surface area contributed by atoms with E-state index in [2.05, 4.69) is 10.6 Å². The Morgan fingerprint density at radius 3 is 2.24 bits per heavy atom. The van der Waals surface area contributed by atoms with Gasteiger partial charge in [-0.2, -0.15) is 0 Å². The molecule has 0 radical (unpaired) electrons. The summed E-state index contributed by atoms with van der Waals surface area (Å²) in [5.41, 5.74) is -0.305. The number of aliphatic hydroxyl groups excluding tert-OH is 1. The van der Waals surface area contributed by atoms with Crippen molar-refractivity contribution in [2.45, 2.75) is 59.1 Å². The van der Waals surface area contributed by atoms with Crippen LogP contribution in [0.3, 0.4) is 0 Å². The summed E-state index contributed by atoms with van der Waals surface area (Å²) in [6.07, 6.45) is 1.68. The molecule has 3 N–H and O–H groups in total. The molecule has 0 aliphatic heterocycles. The van der Waals surface area contributed by atoms with Gasteiger partial charge in [0.25, 0.3) is 0 Å². The van der Waals surface area contributed by atoms with E-state index in [1.165, 1.54) is 0 Å². The molecule has 1 rings (SSSR count). The third kappa shape index (κ3) is 4.19. The Morgan fingerprint density at radius 2 is 1.88 bits per heavy atom. The van der Waals surface area contributed by atoms with Crippen molar-refractivity contribution in [3.05, 3.63) is 0 Å². The normalized spacial score (nSPS) is 19.9. The van der Waals surface area contributed by atoms with Crippen LogP contribution in [0.2, 0.25) is 0 Å². The van der Waals surface area contributed by atoms with Gasteiger partial charge in [0, 0.05) is 17.5 Å². The number of rotatable bonds is 4. The average Bonchev–Trinajstić information content (AvgIpc) is 2.91. The number of nitrogens with one attached hydrogen (secondary N) is 2. The van der Waals surface area contributed by atoms with Crippen molar-refractivity contribution in [2.24, 2.45) is 11.3 Å². The SMILES string of the molecule is CC(C)C(O)C1(CNC(=O)NC(C)(C)C)CC1. The van der Waals surface area contributed by atoms with Crippen molar-refractivity contribution in [1.29, 1.82) is 0 Å². The van der Waals surface area contributed by atoms with E-state index in [4.69, 9.17) is 0 Å². The van der Waals surface area contributed by atoms with Crippen molar-refractivity contribution in [2.75, 3.05) is 6.54 Å². The quantitative estimate of drug-likeness (QED) is 0.705. The molecular weight excluding hydrogens is 216 g/mol. The molecule has 1 aliphatic rings. The minimum Gasteiger partial charge on any atom is -0.392 e. The molecule has 1 aliphatic carbocycles. The number of urea groups is 1. The molecule has 1 saturated carbocycles. The number of amides is 2. The second-order valence-electron chi connectivity index (χ2n) is 6.61. The number of hydrogen-bond donors (Lipinski definition) is 3. The first kappa shape index (κ1) is 14.3. The van der Waals surface area contributed by atoms with Gasteiger partial charge in [0.15, 0.2) is 0 Å². The number of aliphatic hydroxyl groups is 1. The van der Waals surface area contributed by atoms with Crippen LogP contribution in [0.4, 0.5) is 4.79 Å². The van der Waals surface area contributed by atoms with Gasteiger partial charge in [-0.15, -0.1) is 0 Å². The van der Waals surface area contributed by atoms with Crippen LogP contribution in [0.1, 0.15) is 47.5 Å². The summed E-state index contributed by atoms with van der Waals surface area (Å²) >= 11 is 0. The highest BCUT2D eigenvalue weighted by Crippen LogP contribution is 2.50. The van der Waals surface area contributed by atoms with Gasteiger partial charge in [-0.3, -0.25) is 0 Å². The molecule has 1 fully saturated rings. The number of hydrogen-bond acceptors (Lipinski definition) is 2.